The van der Waals surface area contributed by atoms with Crippen molar-refractivity contribution in [2.75, 3.05) is 16.5 Å². The molecule has 0 fully saturated rings. The molecule has 2 heterocycles. The molecule has 1 aromatic heterocycles. The van der Waals surface area contributed by atoms with Crippen molar-refractivity contribution in [2.45, 2.75) is 33.2 Å². The van der Waals surface area contributed by atoms with E-state index < -0.39 is 15.6 Å². The standard InChI is InChI=1S/C22H25N5O2S/c1-13-15(16-7-6-8-19-17(16)11-12-26(19)30(5,28)29)9-10-18-20(13)27(14(2)23)21(24)22(3,4)25-18/h6-12,23-25H,1-5H3. The molecule has 7 nitrogen and oxygen atoms in total. The predicted octanol–water partition coefficient (Wildman–Crippen LogP) is 4.41. The van der Waals surface area contributed by atoms with Crippen molar-refractivity contribution in [3.63, 3.8) is 0 Å². The lowest BCUT2D eigenvalue weighted by molar-refractivity contribution is 0.595. The number of hydrogen-bond donors (Lipinski definition) is 3. The largest absolute Gasteiger partial charge is 0.371 e. The number of anilines is 2. The molecule has 8 heteroatoms. The molecule has 0 saturated heterocycles. The number of benzene rings is 2. The molecular formula is C22H25N5O2S. The van der Waals surface area contributed by atoms with Gasteiger partial charge in [-0.3, -0.25) is 15.7 Å². The van der Waals surface area contributed by atoms with E-state index in [-0.39, 0.29) is 5.84 Å². The summed E-state index contributed by atoms with van der Waals surface area (Å²) in [6.45, 7) is 7.50. The molecule has 3 aromatic rings. The van der Waals surface area contributed by atoms with Crippen molar-refractivity contribution in [1.82, 2.24) is 3.97 Å². The summed E-state index contributed by atoms with van der Waals surface area (Å²) in [5.41, 5.74) is 4.44. The molecular weight excluding hydrogens is 398 g/mol. The summed E-state index contributed by atoms with van der Waals surface area (Å²) in [6.07, 6.45) is 2.76. The van der Waals surface area contributed by atoms with E-state index >= 15 is 0 Å². The number of hydrogen-bond acceptors (Lipinski definition) is 5. The molecule has 30 heavy (non-hydrogen) atoms. The Labute approximate surface area is 176 Å². The Morgan fingerprint density at radius 1 is 1.10 bits per heavy atom. The summed E-state index contributed by atoms with van der Waals surface area (Å²) in [4.78, 5) is 1.67. The van der Waals surface area contributed by atoms with Crippen LogP contribution in [0.15, 0.2) is 42.6 Å². The summed E-state index contributed by atoms with van der Waals surface area (Å²) in [6, 6.07) is 11.4. The summed E-state index contributed by atoms with van der Waals surface area (Å²) in [7, 11) is -3.41. The van der Waals surface area contributed by atoms with Gasteiger partial charge in [0.15, 0.2) is 0 Å². The first-order valence-corrected chi connectivity index (χ1v) is 11.5. The van der Waals surface area contributed by atoms with Crippen LogP contribution in [0.3, 0.4) is 0 Å². The monoisotopic (exact) mass is 423 g/mol. The number of fused-ring (bicyclic) bond motifs is 2. The third kappa shape index (κ3) is 2.90. The molecule has 0 spiro atoms. The second-order valence-electron chi connectivity index (χ2n) is 8.27. The molecule has 3 N–H and O–H groups in total. The van der Waals surface area contributed by atoms with Crippen LogP contribution in [0.4, 0.5) is 11.4 Å². The first-order valence-electron chi connectivity index (χ1n) is 9.60. The highest BCUT2D eigenvalue weighted by atomic mass is 32.2. The van der Waals surface area contributed by atoms with Crippen LogP contribution in [0.25, 0.3) is 22.0 Å². The average molecular weight is 424 g/mol. The van der Waals surface area contributed by atoms with E-state index in [4.69, 9.17) is 10.8 Å². The zero-order valence-corrected chi connectivity index (χ0v) is 18.5. The molecule has 2 aromatic carbocycles. The summed E-state index contributed by atoms with van der Waals surface area (Å²) >= 11 is 0. The van der Waals surface area contributed by atoms with Crippen LogP contribution in [-0.2, 0) is 10.0 Å². The highest BCUT2D eigenvalue weighted by molar-refractivity contribution is 7.89. The topological polar surface area (TPSA) is 102 Å². The minimum Gasteiger partial charge on any atom is -0.371 e. The Bertz CT molecular complexity index is 1340. The van der Waals surface area contributed by atoms with Crippen LogP contribution in [0.5, 0.6) is 0 Å². The van der Waals surface area contributed by atoms with E-state index in [9.17, 15) is 8.42 Å². The molecule has 0 aliphatic carbocycles. The summed E-state index contributed by atoms with van der Waals surface area (Å²) in [5, 5.41) is 21.2. The van der Waals surface area contributed by atoms with Gasteiger partial charge in [0.05, 0.1) is 28.7 Å². The Morgan fingerprint density at radius 3 is 2.43 bits per heavy atom. The van der Waals surface area contributed by atoms with E-state index in [1.165, 1.54) is 10.2 Å². The second-order valence-corrected chi connectivity index (χ2v) is 10.1. The van der Waals surface area contributed by atoms with E-state index in [0.717, 1.165) is 33.5 Å². The lowest BCUT2D eigenvalue weighted by Crippen LogP contribution is -2.55. The fourth-order valence-electron chi connectivity index (χ4n) is 4.17. The van der Waals surface area contributed by atoms with Crippen molar-refractivity contribution < 1.29 is 8.42 Å². The van der Waals surface area contributed by atoms with Gasteiger partial charge in [0.25, 0.3) is 0 Å². The number of amidine groups is 2. The Kier molecular flexibility index (Phi) is 4.32. The zero-order chi connectivity index (χ0) is 22.0. The van der Waals surface area contributed by atoms with Gasteiger partial charge in [-0.2, -0.15) is 0 Å². The molecule has 0 atom stereocenters. The highest BCUT2D eigenvalue weighted by Crippen LogP contribution is 2.43. The molecule has 0 radical (unpaired) electrons. The fourth-order valence-corrected chi connectivity index (χ4v) is 4.97. The van der Waals surface area contributed by atoms with Gasteiger partial charge in [-0.1, -0.05) is 18.2 Å². The van der Waals surface area contributed by atoms with Crippen molar-refractivity contribution in [1.29, 1.82) is 10.8 Å². The van der Waals surface area contributed by atoms with E-state index in [1.807, 2.05) is 51.1 Å². The van der Waals surface area contributed by atoms with Crippen molar-refractivity contribution in [3.8, 4) is 11.1 Å². The Morgan fingerprint density at radius 2 is 1.80 bits per heavy atom. The molecule has 4 rings (SSSR count). The van der Waals surface area contributed by atoms with Gasteiger partial charge >= 0.3 is 0 Å². The van der Waals surface area contributed by atoms with Crippen LogP contribution >= 0.6 is 0 Å². The minimum atomic E-state index is -3.41. The SMILES string of the molecule is CC(=N)N1C(=N)C(C)(C)Nc2ccc(-c3cccc4c3ccn4S(C)(=O)=O)c(C)c21. The van der Waals surface area contributed by atoms with E-state index in [1.54, 1.807) is 24.1 Å². The zero-order valence-electron chi connectivity index (χ0n) is 17.7. The normalized spacial score (nSPS) is 15.8. The third-order valence-corrected chi connectivity index (χ3v) is 6.63. The number of nitrogens with zero attached hydrogens (tertiary/aromatic N) is 2. The molecule has 156 valence electrons. The molecule has 0 unspecified atom stereocenters. The highest BCUT2D eigenvalue weighted by Gasteiger charge is 2.37. The van der Waals surface area contributed by atoms with Crippen LogP contribution in [0.1, 0.15) is 26.3 Å². The van der Waals surface area contributed by atoms with Gasteiger partial charge in [-0.05, 0) is 62.6 Å². The van der Waals surface area contributed by atoms with Gasteiger partial charge in [0.1, 0.15) is 11.7 Å². The number of rotatable bonds is 2. The first kappa shape index (κ1) is 20.2. The molecule has 0 bridgehead atoms. The molecule has 0 saturated carbocycles. The Hall–Kier alpha value is -3.13. The smallest absolute Gasteiger partial charge is 0.236 e. The molecule has 0 amide bonds. The van der Waals surface area contributed by atoms with Gasteiger partial charge in [-0.25, -0.2) is 12.4 Å². The maximum atomic E-state index is 12.1. The third-order valence-electron chi connectivity index (χ3n) is 5.60. The lowest BCUT2D eigenvalue weighted by Gasteiger charge is -2.43. The van der Waals surface area contributed by atoms with Gasteiger partial charge in [0, 0.05) is 11.6 Å². The van der Waals surface area contributed by atoms with E-state index in [0.29, 0.717) is 11.4 Å². The van der Waals surface area contributed by atoms with Gasteiger partial charge in [-0.15, -0.1) is 0 Å². The van der Waals surface area contributed by atoms with Crippen molar-refractivity contribution in [3.05, 3.63) is 48.2 Å². The first-order chi connectivity index (χ1) is 13.9. The number of aromatic nitrogens is 1. The maximum absolute atomic E-state index is 12.1. The Balaban J connectivity index is 1.99. The average Bonchev–Trinajstić information content (AvgIpc) is 3.08. The van der Waals surface area contributed by atoms with Gasteiger partial charge in [0.2, 0.25) is 10.0 Å². The molecule has 1 aliphatic heterocycles. The molecule has 1 aliphatic rings. The predicted molar refractivity (Wildman–Crippen MR) is 124 cm³/mol. The van der Waals surface area contributed by atoms with Crippen LogP contribution in [0, 0.1) is 17.7 Å². The fraction of sp³-hybridized carbons (Fsp3) is 0.273. The number of nitrogens with one attached hydrogen (secondary N) is 3. The van der Waals surface area contributed by atoms with Crippen molar-refractivity contribution >= 4 is 44.0 Å². The van der Waals surface area contributed by atoms with Crippen LogP contribution in [-0.4, -0.2) is 35.9 Å². The summed E-state index contributed by atoms with van der Waals surface area (Å²) < 4.78 is 25.5. The van der Waals surface area contributed by atoms with E-state index in [2.05, 4.69) is 5.32 Å². The maximum Gasteiger partial charge on any atom is 0.236 e. The minimum absolute atomic E-state index is 0.275. The second kappa shape index (κ2) is 6.43. The summed E-state index contributed by atoms with van der Waals surface area (Å²) in [5.74, 6) is 0.585. The van der Waals surface area contributed by atoms with Gasteiger partial charge < -0.3 is 5.32 Å². The van der Waals surface area contributed by atoms with Crippen LogP contribution in [0.2, 0.25) is 0 Å². The van der Waals surface area contributed by atoms with Crippen molar-refractivity contribution in [2.24, 2.45) is 0 Å². The van der Waals surface area contributed by atoms with Crippen LogP contribution < -0.4 is 10.2 Å². The lowest BCUT2D eigenvalue weighted by atomic mass is 9.91. The quantitative estimate of drug-likeness (QED) is 0.420.